The first-order valence-corrected chi connectivity index (χ1v) is 12.8. The summed E-state index contributed by atoms with van der Waals surface area (Å²) in [5.74, 6) is 0.352. The summed E-state index contributed by atoms with van der Waals surface area (Å²) in [5, 5.41) is 9.70. The number of nitrogens with one attached hydrogen (secondary N) is 1. The van der Waals surface area contributed by atoms with Crippen molar-refractivity contribution in [3.63, 3.8) is 0 Å². The van der Waals surface area contributed by atoms with Gasteiger partial charge in [0.15, 0.2) is 0 Å². The molecule has 0 fully saturated rings. The van der Waals surface area contributed by atoms with Gasteiger partial charge in [0, 0.05) is 18.2 Å². The Hall–Kier alpha value is -4.69. The summed E-state index contributed by atoms with van der Waals surface area (Å²) >= 11 is 1.38. The zero-order chi connectivity index (χ0) is 26.6. The van der Waals surface area contributed by atoms with Gasteiger partial charge < -0.3 is 14.8 Å². The number of benzene rings is 3. The van der Waals surface area contributed by atoms with Gasteiger partial charge in [-0.15, -0.1) is 11.3 Å². The molecule has 2 aromatic heterocycles. The molecule has 0 aliphatic carbocycles. The van der Waals surface area contributed by atoms with Gasteiger partial charge in [-0.05, 0) is 65.9 Å². The van der Waals surface area contributed by atoms with Crippen molar-refractivity contribution in [3.05, 3.63) is 101 Å². The molecule has 0 bridgehead atoms. The highest BCUT2D eigenvalue weighted by atomic mass is 32.1. The molecule has 5 aromatic rings. The maximum absolute atomic E-state index is 12.5. The lowest BCUT2D eigenvalue weighted by molar-refractivity contribution is -0.132. The second-order valence-corrected chi connectivity index (χ2v) is 9.56. The molecule has 1 N–H and O–H groups in total. The highest BCUT2D eigenvalue weighted by molar-refractivity contribution is 7.12. The number of methoxy groups -OCH3 is 1. The van der Waals surface area contributed by atoms with E-state index in [1.54, 1.807) is 17.9 Å². The number of thiophene rings is 1. The molecule has 190 valence electrons. The number of carbonyl (C=O) groups is 2. The summed E-state index contributed by atoms with van der Waals surface area (Å²) in [6.07, 6.45) is 0. The third kappa shape index (κ3) is 5.21. The normalized spacial score (nSPS) is 10.7. The first-order chi connectivity index (χ1) is 18.4. The number of anilines is 1. The fraction of sp³-hybridized carbons (Fsp3) is 0.100. The first kappa shape index (κ1) is 25.0. The number of hydrogen-bond acceptors (Lipinski definition) is 6. The summed E-state index contributed by atoms with van der Waals surface area (Å²) in [4.78, 5) is 25.4. The van der Waals surface area contributed by atoms with Crippen LogP contribution in [0, 0.1) is 6.92 Å². The maximum atomic E-state index is 12.5. The SMILES string of the molecule is COc1cccc(-c2nn(-c3cccc(C)c3)c(OC(C)=O)c2-c2ccc(NC(=O)c3cccs3)cc2)c1. The smallest absolute Gasteiger partial charge is 0.309 e. The van der Waals surface area contributed by atoms with Crippen LogP contribution in [0.5, 0.6) is 11.6 Å². The van der Waals surface area contributed by atoms with E-state index in [1.807, 2.05) is 91.2 Å². The zero-order valence-corrected chi connectivity index (χ0v) is 21.9. The van der Waals surface area contributed by atoms with E-state index in [2.05, 4.69) is 5.32 Å². The van der Waals surface area contributed by atoms with Crippen LogP contribution < -0.4 is 14.8 Å². The molecular weight excluding hydrogens is 498 g/mol. The Labute approximate surface area is 224 Å². The van der Waals surface area contributed by atoms with Crippen LogP contribution in [0.1, 0.15) is 22.2 Å². The molecule has 0 saturated heterocycles. The lowest BCUT2D eigenvalue weighted by Gasteiger charge is -2.11. The van der Waals surface area contributed by atoms with Gasteiger partial charge in [-0.1, -0.05) is 42.5 Å². The molecule has 1 amide bonds. The van der Waals surface area contributed by atoms with E-state index in [-0.39, 0.29) is 5.91 Å². The highest BCUT2D eigenvalue weighted by Gasteiger charge is 2.25. The van der Waals surface area contributed by atoms with Gasteiger partial charge in [0.05, 0.1) is 23.2 Å². The van der Waals surface area contributed by atoms with Gasteiger partial charge in [0.1, 0.15) is 11.4 Å². The molecule has 0 radical (unpaired) electrons. The Morgan fingerprint density at radius 1 is 0.921 bits per heavy atom. The Morgan fingerprint density at radius 3 is 2.39 bits per heavy atom. The van der Waals surface area contributed by atoms with Crippen molar-refractivity contribution in [1.82, 2.24) is 9.78 Å². The zero-order valence-electron chi connectivity index (χ0n) is 21.1. The lowest BCUT2D eigenvalue weighted by Crippen LogP contribution is -2.10. The second kappa shape index (κ2) is 10.7. The minimum absolute atomic E-state index is 0.169. The molecule has 38 heavy (non-hydrogen) atoms. The molecule has 3 aromatic carbocycles. The van der Waals surface area contributed by atoms with Gasteiger partial charge in [-0.2, -0.15) is 9.78 Å². The number of hydrogen-bond donors (Lipinski definition) is 1. The predicted octanol–water partition coefficient (Wildman–Crippen LogP) is 6.76. The standard InChI is InChI=1S/C30H25N3O4S/c1-19-7-4-9-24(17-19)33-30(37-20(2)34)27(28(32-33)22-8-5-10-25(18-22)36-3)21-12-14-23(15-13-21)31-29(35)26-11-6-16-38-26/h4-18H,1-3H3,(H,31,35). The molecule has 5 rings (SSSR count). The van der Waals surface area contributed by atoms with Crippen molar-refractivity contribution < 1.29 is 19.1 Å². The number of ether oxygens (including phenoxy) is 2. The lowest BCUT2D eigenvalue weighted by atomic mass is 10.0. The first-order valence-electron chi connectivity index (χ1n) is 11.9. The number of aryl methyl sites for hydroxylation is 1. The van der Waals surface area contributed by atoms with Crippen LogP contribution in [0.2, 0.25) is 0 Å². The number of rotatable bonds is 7. The number of esters is 1. The third-order valence-electron chi connectivity index (χ3n) is 5.85. The van der Waals surface area contributed by atoms with Gasteiger partial charge in [0.25, 0.3) is 5.91 Å². The summed E-state index contributed by atoms with van der Waals surface area (Å²) in [5.41, 5.74) is 5.29. The average Bonchev–Trinajstić information content (AvgIpc) is 3.58. The number of amides is 1. The van der Waals surface area contributed by atoms with E-state index in [1.165, 1.54) is 18.3 Å². The third-order valence-corrected chi connectivity index (χ3v) is 6.72. The molecular formula is C30H25N3O4S. The predicted molar refractivity (Wildman–Crippen MR) is 149 cm³/mol. The Kier molecular flexibility index (Phi) is 7.06. The fourth-order valence-corrected chi connectivity index (χ4v) is 4.74. The van der Waals surface area contributed by atoms with E-state index >= 15 is 0 Å². The van der Waals surface area contributed by atoms with Crippen molar-refractivity contribution >= 4 is 28.9 Å². The quantitative estimate of drug-likeness (QED) is 0.238. The van der Waals surface area contributed by atoms with Crippen LogP contribution in [-0.2, 0) is 4.79 Å². The van der Waals surface area contributed by atoms with Crippen LogP contribution in [0.15, 0.2) is 90.3 Å². The number of nitrogens with zero attached hydrogens (tertiary/aromatic N) is 2. The molecule has 8 heteroatoms. The Bertz CT molecular complexity index is 1610. The van der Waals surface area contributed by atoms with Crippen LogP contribution in [0.3, 0.4) is 0 Å². The molecule has 7 nitrogen and oxygen atoms in total. The summed E-state index contributed by atoms with van der Waals surface area (Å²) < 4.78 is 12.9. The highest BCUT2D eigenvalue weighted by Crippen LogP contribution is 2.42. The molecule has 0 aliphatic rings. The van der Waals surface area contributed by atoms with E-state index in [0.29, 0.717) is 33.5 Å². The van der Waals surface area contributed by atoms with Gasteiger partial charge >= 0.3 is 5.97 Å². The van der Waals surface area contributed by atoms with Gasteiger partial charge in [-0.3, -0.25) is 9.59 Å². The van der Waals surface area contributed by atoms with Crippen LogP contribution in [0.4, 0.5) is 5.69 Å². The molecule has 0 spiro atoms. The van der Waals surface area contributed by atoms with Crippen molar-refractivity contribution in [2.45, 2.75) is 13.8 Å². The van der Waals surface area contributed by atoms with Crippen LogP contribution >= 0.6 is 11.3 Å². The Morgan fingerprint density at radius 2 is 1.71 bits per heavy atom. The minimum Gasteiger partial charge on any atom is -0.497 e. The summed E-state index contributed by atoms with van der Waals surface area (Å²) in [6.45, 7) is 3.36. The van der Waals surface area contributed by atoms with Crippen molar-refractivity contribution in [2.24, 2.45) is 0 Å². The molecule has 2 heterocycles. The van der Waals surface area contributed by atoms with Crippen molar-refractivity contribution in [2.75, 3.05) is 12.4 Å². The molecule has 0 unspecified atom stereocenters. The van der Waals surface area contributed by atoms with E-state index in [4.69, 9.17) is 14.6 Å². The van der Waals surface area contributed by atoms with Crippen LogP contribution in [0.25, 0.3) is 28.1 Å². The summed E-state index contributed by atoms with van der Waals surface area (Å²) in [6, 6.07) is 26.4. The maximum Gasteiger partial charge on any atom is 0.309 e. The molecule has 0 aliphatic heterocycles. The average molecular weight is 524 g/mol. The summed E-state index contributed by atoms with van der Waals surface area (Å²) in [7, 11) is 1.61. The van der Waals surface area contributed by atoms with Crippen molar-refractivity contribution in [3.8, 4) is 39.7 Å². The number of carbonyl (C=O) groups excluding carboxylic acids is 2. The Balaban J connectivity index is 1.65. The topological polar surface area (TPSA) is 82.4 Å². The van der Waals surface area contributed by atoms with E-state index < -0.39 is 5.97 Å². The molecule has 0 atom stereocenters. The van der Waals surface area contributed by atoms with Crippen molar-refractivity contribution in [1.29, 1.82) is 0 Å². The number of aromatic nitrogens is 2. The van der Waals surface area contributed by atoms with Gasteiger partial charge in [0.2, 0.25) is 5.88 Å². The van der Waals surface area contributed by atoms with Gasteiger partial charge in [-0.25, -0.2) is 0 Å². The second-order valence-electron chi connectivity index (χ2n) is 8.61. The largest absolute Gasteiger partial charge is 0.497 e. The van der Waals surface area contributed by atoms with E-state index in [9.17, 15) is 9.59 Å². The minimum atomic E-state index is -0.461. The monoisotopic (exact) mass is 523 g/mol. The molecule has 0 saturated carbocycles. The van der Waals surface area contributed by atoms with Crippen LogP contribution in [-0.4, -0.2) is 28.8 Å². The van der Waals surface area contributed by atoms with E-state index in [0.717, 1.165) is 22.4 Å². The fourth-order valence-electron chi connectivity index (χ4n) is 4.12.